The van der Waals surface area contributed by atoms with E-state index in [9.17, 15) is 14.4 Å². The molecule has 26 heavy (non-hydrogen) atoms. The molecule has 2 aromatic heterocycles. The number of rotatable bonds is 0. The van der Waals surface area contributed by atoms with Crippen LogP contribution in [0.3, 0.4) is 0 Å². The SMILES string of the molecule is O=C1OC(=O)c2ccc3c4c(c(=O)n5c6ccccc6nc35)CCC1=c24. The third-order valence-electron chi connectivity index (χ3n) is 5.35. The lowest BCUT2D eigenvalue weighted by molar-refractivity contribution is -0.132. The number of nitrogens with zero attached hydrogens (tertiary/aromatic N) is 2. The summed E-state index contributed by atoms with van der Waals surface area (Å²) >= 11 is 0. The normalized spacial score (nSPS) is 15.9. The molecule has 0 fully saturated rings. The van der Waals surface area contributed by atoms with Gasteiger partial charge in [-0.3, -0.25) is 9.20 Å². The first-order valence-corrected chi connectivity index (χ1v) is 8.33. The van der Waals surface area contributed by atoms with Crippen LogP contribution in [0.5, 0.6) is 0 Å². The number of fused-ring (bicyclic) bond motifs is 4. The van der Waals surface area contributed by atoms with Crippen molar-refractivity contribution in [3.63, 3.8) is 0 Å². The van der Waals surface area contributed by atoms with E-state index in [2.05, 4.69) is 4.98 Å². The van der Waals surface area contributed by atoms with Crippen molar-refractivity contribution in [2.24, 2.45) is 0 Å². The molecule has 0 bridgehead atoms. The predicted molar refractivity (Wildman–Crippen MR) is 93.8 cm³/mol. The molecule has 0 spiro atoms. The van der Waals surface area contributed by atoms with Crippen molar-refractivity contribution in [2.75, 3.05) is 0 Å². The molecule has 0 radical (unpaired) electrons. The van der Waals surface area contributed by atoms with Crippen LogP contribution in [0.25, 0.3) is 33.0 Å². The van der Waals surface area contributed by atoms with Crippen LogP contribution in [0.1, 0.15) is 22.3 Å². The quantitative estimate of drug-likeness (QED) is 0.358. The average Bonchev–Trinajstić information content (AvgIpc) is 3.04. The second-order valence-corrected chi connectivity index (χ2v) is 6.61. The largest absolute Gasteiger partial charge is 0.386 e. The Morgan fingerprint density at radius 1 is 0.962 bits per heavy atom. The first kappa shape index (κ1) is 13.7. The molecule has 0 amide bonds. The van der Waals surface area contributed by atoms with E-state index in [4.69, 9.17) is 4.74 Å². The second kappa shape index (κ2) is 4.35. The summed E-state index contributed by atoms with van der Waals surface area (Å²) in [5.41, 5.74) is 3.34. The van der Waals surface area contributed by atoms with Crippen LogP contribution in [-0.4, -0.2) is 21.3 Å². The second-order valence-electron chi connectivity index (χ2n) is 6.61. The van der Waals surface area contributed by atoms with Gasteiger partial charge in [0.25, 0.3) is 5.56 Å². The van der Waals surface area contributed by atoms with E-state index >= 15 is 0 Å². The molecule has 1 aliphatic heterocycles. The Bertz CT molecular complexity index is 1460. The maximum absolute atomic E-state index is 13.2. The molecule has 4 aromatic rings. The van der Waals surface area contributed by atoms with E-state index in [0.717, 1.165) is 16.4 Å². The summed E-state index contributed by atoms with van der Waals surface area (Å²) in [5, 5.41) is 1.99. The van der Waals surface area contributed by atoms with E-state index in [0.29, 0.717) is 45.8 Å². The summed E-state index contributed by atoms with van der Waals surface area (Å²) in [6.45, 7) is 0. The molecule has 1 aliphatic carbocycles. The molecule has 6 nitrogen and oxygen atoms in total. The number of carbonyl (C=O) groups is 2. The fourth-order valence-corrected chi connectivity index (χ4v) is 4.25. The number of benzene rings is 2. The van der Waals surface area contributed by atoms with E-state index < -0.39 is 11.9 Å². The lowest BCUT2D eigenvalue weighted by Crippen LogP contribution is -2.36. The van der Waals surface area contributed by atoms with Crippen LogP contribution in [0.15, 0.2) is 41.2 Å². The first-order valence-electron chi connectivity index (χ1n) is 8.33. The monoisotopic (exact) mass is 342 g/mol. The molecular weight excluding hydrogens is 332 g/mol. The van der Waals surface area contributed by atoms with E-state index in [-0.39, 0.29) is 5.56 Å². The molecule has 6 heteroatoms. The molecule has 0 unspecified atom stereocenters. The highest BCUT2D eigenvalue weighted by molar-refractivity contribution is 6.22. The number of esters is 2. The van der Waals surface area contributed by atoms with E-state index in [1.807, 2.05) is 24.3 Å². The number of ether oxygens (including phenoxy) is 1. The fraction of sp³-hybridized carbons (Fsp3) is 0.100. The highest BCUT2D eigenvalue weighted by Crippen LogP contribution is 2.29. The Morgan fingerprint density at radius 2 is 1.81 bits per heavy atom. The summed E-state index contributed by atoms with van der Waals surface area (Å²) < 4.78 is 6.48. The van der Waals surface area contributed by atoms with Gasteiger partial charge in [-0.15, -0.1) is 0 Å². The maximum atomic E-state index is 13.2. The minimum Gasteiger partial charge on any atom is -0.386 e. The summed E-state index contributed by atoms with van der Waals surface area (Å²) in [5.74, 6) is -1.27. The molecule has 0 saturated heterocycles. The van der Waals surface area contributed by atoms with Crippen molar-refractivity contribution in [3.8, 4) is 0 Å². The zero-order chi connectivity index (χ0) is 17.6. The standard InChI is InChI=1S/C20H10N2O4/c23-18-10-6-8-12-16-11(19(24)26-20(12)25)7-5-9(15(10)16)17-21-13-3-1-2-4-14(13)22(17)18/h1-5,7H,6,8H2. The Kier molecular flexibility index (Phi) is 2.29. The molecule has 3 heterocycles. The minimum absolute atomic E-state index is 0.139. The average molecular weight is 342 g/mol. The van der Waals surface area contributed by atoms with Gasteiger partial charge in [0.05, 0.1) is 16.6 Å². The van der Waals surface area contributed by atoms with Crippen LogP contribution in [0.2, 0.25) is 0 Å². The van der Waals surface area contributed by atoms with Crippen LogP contribution in [-0.2, 0) is 16.0 Å². The molecule has 0 saturated carbocycles. The van der Waals surface area contributed by atoms with Gasteiger partial charge in [-0.05, 0) is 37.1 Å². The number of aromatic nitrogens is 2. The predicted octanol–water partition coefficient (Wildman–Crippen LogP) is 1.51. The number of hydrogen-bond donors (Lipinski definition) is 0. The summed E-state index contributed by atoms with van der Waals surface area (Å²) in [6, 6.07) is 10.9. The number of hydrogen-bond acceptors (Lipinski definition) is 5. The summed E-state index contributed by atoms with van der Waals surface area (Å²) in [7, 11) is 0. The molecule has 6 rings (SSSR count). The third kappa shape index (κ3) is 1.44. The van der Waals surface area contributed by atoms with Crippen LogP contribution >= 0.6 is 0 Å². The van der Waals surface area contributed by atoms with Gasteiger partial charge in [0.2, 0.25) is 0 Å². The third-order valence-corrected chi connectivity index (χ3v) is 5.35. The Balaban J connectivity index is 1.99. The number of pyridine rings is 1. The first-order chi connectivity index (χ1) is 12.6. The van der Waals surface area contributed by atoms with Gasteiger partial charge in [-0.2, -0.15) is 0 Å². The van der Waals surface area contributed by atoms with Crippen molar-refractivity contribution < 1.29 is 14.3 Å². The van der Waals surface area contributed by atoms with Gasteiger partial charge >= 0.3 is 11.9 Å². The van der Waals surface area contributed by atoms with Gasteiger partial charge < -0.3 is 4.74 Å². The summed E-state index contributed by atoms with van der Waals surface area (Å²) in [6.07, 6.45) is 0.825. The lowest BCUT2D eigenvalue weighted by atomic mass is 9.87. The smallest absolute Gasteiger partial charge is 0.346 e. The number of cyclic esters (lactones) is 2. The van der Waals surface area contributed by atoms with Gasteiger partial charge in [0.15, 0.2) is 0 Å². The van der Waals surface area contributed by atoms with Crippen LogP contribution < -0.4 is 10.8 Å². The minimum atomic E-state index is -0.663. The molecular formula is C20H10N2O4. The number of para-hydroxylation sites is 2. The Morgan fingerprint density at radius 3 is 2.69 bits per heavy atom. The van der Waals surface area contributed by atoms with E-state index in [1.54, 1.807) is 16.5 Å². The zero-order valence-corrected chi connectivity index (χ0v) is 13.4. The number of imidazole rings is 1. The lowest BCUT2D eigenvalue weighted by Gasteiger charge is -2.21. The van der Waals surface area contributed by atoms with Gasteiger partial charge in [-0.25, -0.2) is 14.6 Å². The molecule has 2 aromatic carbocycles. The fourth-order valence-electron chi connectivity index (χ4n) is 4.25. The van der Waals surface area contributed by atoms with Crippen molar-refractivity contribution in [3.05, 3.63) is 63.1 Å². The van der Waals surface area contributed by atoms with Crippen molar-refractivity contribution >= 4 is 45.0 Å². The maximum Gasteiger partial charge on any atom is 0.346 e. The Hall–Kier alpha value is -3.54. The van der Waals surface area contributed by atoms with Crippen molar-refractivity contribution in [1.82, 2.24) is 9.38 Å². The van der Waals surface area contributed by atoms with Crippen molar-refractivity contribution in [2.45, 2.75) is 12.8 Å². The van der Waals surface area contributed by atoms with Crippen molar-refractivity contribution in [1.29, 1.82) is 0 Å². The van der Waals surface area contributed by atoms with Gasteiger partial charge in [0.1, 0.15) is 5.65 Å². The molecule has 2 aliphatic rings. The molecule has 0 N–H and O–H groups in total. The van der Waals surface area contributed by atoms with Gasteiger partial charge in [-0.1, -0.05) is 12.1 Å². The number of carbonyl (C=O) groups excluding carboxylic acids is 2. The van der Waals surface area contributed by atoms with Gasteiger partial charge in [0, 0.05) is 27.1 Å². The molecule has 0 atom stereocenters. The Labute approximate surface area is 145 Å². The number of aryl methyl sites for hydroxylation is 1. The highest BCUT2D eigenvalue weighted by atomic mass is 16.6. The van der Waals surface area contributed by atoms with Crippen LogP contribution in [0, 0.1) is 0 Å². The van der Waals surface area contributed by atoms with E-state index in [1.165, 1.54) is 0 Å². The topological polar surface area (TPSA) is 77.7 Å². The summed E-state index contributed by atoms with van der Waals surface area (Å²) in [4.78, 5) is 42.2. The molecule has 124 valence electrons. The zero-order valence-electron chi connectivity index (χ0n) is 13.4. The van der Waals surface area contributed by atoms with Crippen LogP contribution in [0.4, 0.5) is 0 Å². The highest BCUT2D eigenvalue weighted by Gasteiger charge is 2.32.